The highest BCUT2D eigenvalue weighted by molar-refractivity contribution is 5.97. The summed E-state index contributed by atoms with van der Waals surface area (Å²) in [5, 5.41) is 6.81. The third-order valence-electron chi connectivity index (χ3n) is 4.59. The van der Waals surface area contributed by atoms with Crippen molar-refractivity contribution < 1.29 is 17.9 Å². The molecule has 1 aliphatic rings. The van der Waals surface area contributed by atoms with Gasteiger partial charge >= 0.3 is 6.36 Å². The summed E-state index contributed by atoms with van der Waals surface area (Å²) in [7, 11) is 1.59. The molecule has 4 rings (SSSR count). The number of nitrogens with zero attached hydrogens (tertiary/aromatic N) is 4. The normalized spacial score (nSPS) is 16.3. The van der Waals surface area contributed by atoms with Gasteiger partial charge in [-0.15, -0.1) is 25.6 Å². The van der Waals surface area contributed by atoms with E-state index in [0.717, 1.165) is 31.8 Å². The first-order valence-electron chi connectivity index (χ1n) is 8.85. The summed E-state index contributed by atoms with van der Waals surface area (Å²) in [6.45, 7) is 1.63. The summed E-state index contributed by atoms with van der Waals surface area (Å²) in [6, 6.07) is 2.65. The number of nitrogens with one attached hydrogen (secondary N) is 2. The number of aryl methyl sites for hydroxylation is 1. The van der Waals surface area contributed by atoms with Crippen molar-refractivity contribution in [3.05, 3.63) is 41.2 Å². The standard InChI is InChI=1S/C18H17F3N6O2.ClH/c1-27-9-25-15-12(13-3-2-11(7-23-13)29-18(19,20)21)8-24-16(14(15)17(27)28)26-10-4-5-22-6-10;/h2-3,7-10,22H,4-6H2,1H3,(H,24,26);1H/t10-;/m0./s1. The minimum absolute atomic E-state index is 0. The van der Waals surface area contributed by atoms with Crippen molar-refractivity contribution in [3.8, 4) is 17.0 Å². The SMILES string of the molecule is Cl.Cn1cnc2c(-c3ccc(OC(F)(F)F)cn3)cnc(N[C@H]3CCNC3)c2c1=O. The second-order valence-corrected chi connectivity index (χ2v) is 6.67. The second-order valence-electron chi connectivity index (χ2n) is 6.67. The van der Waals surface area contributed by atoms with Crippen LogP contribution in [0.5, 0.6) is 5.75 Å². The molecule has 0 unspecified atom stereocenters. The minimum Gasteiger partial charge on any atom is -0.404 e. The molecular formula is C18H18ClF3N6O2. The Hall–Kier alpha value is -2.92. The molecule has 0 saturated carbocycles. The van der Waals surface area contributed by atoms with Crippen LogP contribution < -0.4 is 20.9 Å². The van der Waals surface area contributed by atoms with Crippen LogP contribution in [-0.4, -0.2) is 45.0 Å². The van der Waals surface area contributed by atoms with Crippen LogP contribution in [0.1, 0.15) is 6.42 Å². The summed E-state index contributed by atoms with van der Waals surface area (Å²) in [4.78, 5) is 25.5. The van der Waals surface area contributed by atoms with Crippen LogP contribution in [0.15, 0.2) is 35.6 Å². The topological polar surface area (TPSA) is 94.0 Å². The third-order valence-corrected chi connectivity index (χ3v) is 4.59. The van der Waals surface area contributed by atoms with Crippen molar-refractivity contribution in [1.82, 2.24) is 24.8 Å². The van der Waals surface area contributed by atoms with Gasteiger partial charge in [-0.25, -0.2) is 9.97 Å². The lowest BCUT2D eigenvalue weighted by Crippen LogP contribution is -2.25. The molecule has 0 aliphatic carbocycles. The van der Waals surface area contributed by atoms with Gasteiger partial charge in [0.25, 0.3) is 5.56 Å². The number of anilines is 1. The van der Waals surface area contributed by atoms with E-state index in [-0.39, 0.29) is 24.0 Å². The molecule has 1 saturated heterocycles. The average Bonchev–Trinajstić information content (AvgIpc) is 3.17. The minimum atomic E-state index is -4.80. The van der Waals surface area contributed by atoms with Gasteiger partial charge in [-0.2, -0.15) is 0 Å². The van der Waals surface area contributed by atoms with Gasteiger partial charge in [0.2, 0.25) is 0 Å². The molecule has 12 heteroatoms. The first-order chi connectivity index (χ1) is 13.8. The highest BCUT2D eigenvalue weighted by Gasteiger charge is 2.31. The predicted molar refractivity (Wildman–Crippen MR) is 107 cm³/mol. The number of aromatic nitrogens is 4. The van der Waals surface area contributed by atoms with Gasteiger partial charge in [-0.05, 0) is 25.1 Å². The second kappa shape index (κ2) is 8.44. The van der Waals surface area contributed by atoms with Crippen LogP contribution in [0.2, 0.25) is 0 Å². The fourth-order valence-electron chi connectivity index (χ4n) is 3.21. The molecule has 3 aromatic heterocycles. The lowest BCUT2D eigenvalue weighted by Gasteiger charge is -2.15. The van der Waals surface area contributed by atoms with Crippen LogP contribution in [0, 0.1) is 0 Å². The molecule has 1 aliphatic heterocycles. The number of rotatable bonds is 4. The quantitative estimate of drug-likeness (QED) is 0.641. The molecule has 2 N–H and O–H groups in total. The van der Waals surface area contributed by atoms with Gasteiger partial charge in [0, 0.05) is 31.4 Å². The van der Waals surface area contributed by atoms with Crippen molar-refractivity contribution in [2.24, 2.45) is 7.05 Å². The van der Waals surface area contributed by atoms with E-state index in [0.29, 0.717) is 28.0 Å². The maximum Gasteiger partial charge on any atom is 0.573 e. The van der Waals surface area contributed by atoms with Crippen LogP contribution in [0.25, 0.3) is 22.2 Å². The molecule has 1 atom stereocenters. The number of pyridine rings is 2. The Bertz CT molecular complexity index is 1100. The Morgan fingerprint density at radius 2 is 2.03 bits per heavy atom. The Morgan fingerprint density at radius 1 is 1.23 bits per heavy atom. The van der Waals surface area contributed by atoms with Crippen molar-refractivity contribution in [2.75, 3.05) is 18.4 Å². The zero-order valence-corrected chi connectivity index (χ0v) is 16.5. The maximum atomic E-state index is 12.8. The number of alkyl halides is 3. The smallest absolute Gasteiger partial charge is 0.404 e. The van der Waals surface area contributed by atoms with Gasteiger partial charge in [-0.1, -0.05) is 0 Å². The number of fused-ring (bicyclic) bond motifs is 1. The van der Waals surface area contributed by atoms with E-state index in [1.165, 1.54) is 23.2 Å². The molecule has 0 amide bonds. The first kappa shape index (κ1) is 21.8. The molecule has 30 heavy (non-hydrogen) atoms. The first-order valence-corrected chi connectivity index (χ1v) is 8.85. The molecular weight excluding hydrogens is 425 g/mol. The monoisotopic (exact) mass is 442 g/mol. The largest absolute Gasteiger partial charge is 0.573 e. The summed E-state index contributed by atoms with van der Waals surface area (Å²) < 4.78 is 42.2. The van der Waals surface area contributed by atoms with Gasteiger partial charge < -0.3 is 19.9 Å². The molecule has 1 fully saturated rings. The fraction of sp³-hybridized carbons (Fsp3) is 0.333. The molecule has 4 heterocycles. The van der Waals surface area contributed by atoms with Gasteiger partial charge in [0.05, 0.1) is 23.7 Å². The van der Waals surface area contributed by atoms with Crippen molar-refractivity contribution in [2.45, 2.75) is 18.8 Å². The fourth-order valence-corrected chi connectivity index (χ4v) is 3.21. The highest BCUT2D eigenvalue weighted by Crippen LogP contribution is 2.29. The van der Waals surface area contributed by atoms with E-state index in [2.05, 4.69) is 30.3 Å². The van der Waals surface area contributed by atoms with Crippen LogP contribution in [0.3, 0.4) is 0 Å². The van der Waals surface area contributed by atoms with Crippen molar-refractivity contribution in [3.63, 3.8) is 0 Å². The van der Waals surface area contributed by atoms with Crippen LogP contribution >= 0.6 is 12.4 Å². The van der Waals surface area contributed by atoms with Gasteiger partial charge in [0.15, 0.2) is 0 Å². The van der Waals surface area contributed by atoms with Crippen LogP contribution in [-0.2, 0) is 7.05 Å². The highest BCUT2D eigenvalue weighted by atomic mass is 35.5. The maximum absolute atomic E-state index is 12.8. The Morgan fingerprint density at radius 3 is 2.67 bits per heavy atom. The summed E-state index contributed by atoms with van der Waals surface area (Å²) in [5.41, 5.74) is 0.849. The van der Waals surface area contributed by atoms with Crippen LogP contribution in [0.4, 0.5) is 19.0 Å². The van der Waals surface area contributed by atoms with E-state index in [1.807, 2.05) is 0 Å². The van der Waals surface area contributed by atoms with E-state index < -0.39 is 12.1 Å². The van der Waals surface area contributed by atoms with Gasteiger partial charge in [-0.3, -0.25) is 9.78 Å². The average molecular weight is 443 g/mol. The molecule has 3 aromatic rings. The van der Waals surface area contributed by atoms with E-state index in [1.54, 1.807) is 7.05 Å². The molecule has 8 nitrogen and oxygen atoms in total. The van der Waals surface area contributed by atoms with E-state index >= 15 is 0 Å². The van der Waals surface area contributed by atoms with E-state index in [4.69, 9.17) is 0 Å². The number of hydrogen-bond donors (Lipinski definition) is 2. The Kier molecular flexibility index (Phi) is 6.13. The van der Waals surface area contributed by atoms with Crippen molar-refractivity contribution >= 4 is 29.1 Å². The molecule has 0 aromatic carbocycles. The lowest BCUT2D eigenvalue weighted by molar-refractivity contribution is -0.274. The lowest BCUT2D eigenvalue weighted by atomic mass is 10.1. The number of ether oxygens (including phenoxy) is 1. The summed E-state index contributed by atoms with van der Waals surface area (Å²) in [5.74, 6) is -0.0161. The zero-order chi connectivity index (χ0) is 20.6. The molecule has 0 bridgehead atoms. The molecule has 160 valence electrons. The molecule has 0 radical (unpaired) electrons. The predicted octanol–water partition coefficient (Wildman–Crippen LogP) is 2.48. The van der Waals surface area contributed by atoms with E-state index in [9.17, 15) is 18.0 Å². The third kappa shape index (κ3) is 4.46. The summed E-state index contributed by atoms with van der Waals surface area (Å²) >= 11 is 0. The Balaban J connectivity index is 0.00000256. The number of halogens is 4. The molecule has 0 spiro atoms. The number of hydrogen-bond acceptors (Lipinski definition) is 7. The zero-order valence-electron chi connectivity index (χ0n) is 15.7. The van der Waals surface area contributed by atoms with Crippen molar-refractivity contribution in [1.29, 1.82) is 0 Å². The Labute approximate surface area is 174 Å². The summed E-state index contributed by atoms with van der Waals surface area (Å²) in [6.07, 6.45) is -0.0459. The van der Waals surface area contributed by atoms with Gasteiger partial charge in [0.1, 0.15) is 17.0 Å².